The monoisotopic (exact) mass is 314 g/mol. The third-order valence-corrected chi connectivity index (χ3v) is 4.39. The van der Waals surface area contributed by atoms with Crippen LogP contribution in [0.1, 0.15) is 22.9 Å². The molecule has 0 aliphatic rings. The Kier molecular flexibility index (Phi) is 4.40. The van der Waals surface area contributed by atoms with Crippen LogP contribution in [0.5, 0.6) is 0 Å². The normalized spacial score (nSPS) is 11.8. The van der Waals surface area contributed by atoms with Gasteiger partial charge in [-0.15, -0.1) is 0 Å². The number of oxazole rings is 1. The highest BCUT2D eigenvalue weighted by atomic mass is 32.2. The van der Waals surface area contributed by atoms with Crippen LogP contribution in [0.4, 0.5) is 4.39 Å². The molecule has 0 bridgehead atoms. The molecule has 8 heteroatoms. The summed E-state index contributed by atoms with van der Waals surface area (Å²) < 4.78 is 45.3. The van der Waals surface area contributed by atoms with Crippen molar-refractivity contribution in [2.24, 2.45) is 0 Å². The van der Waals surface area contributed by atoms with Gasteiger partial charge in [-0.05, 0) is 31.5 Å². The molecular weight excluding hydrogens is 299 g/mol. The van der Waals surface area contributed by atoms with E-state index in [9.17, 15) is 12.8 Å². The van der Waals surface area contributed by atoms with Crippen molar-refractivity contribution in [3.8, 4) is 0 Å². The number of sulfonamides is 1. The second-order valence-corrected chi connectivity index (χ2v) is 6.23. The smallest absolute Gasteiger partial charge is 0.243 e. The molecule has 1 aromatic heterocycles. The van der Waals surface area contributed by atoms with E-state index in [2.05, 4.69) is 9.71 Å². The highest BCUT2D eigenvalue weighted by Crippen LogP contribution is 2.17. The van der Waals surface area contributed by atoms with Gasteiger partial charge in [-0.1, -0.05) is 6.07 Å². The Morgan fingerprint density at radius 1 is 1.38 bits per heavy atom. The van der Waals surface area contributed by atoms with E-state index in [0.717, 1.165) is 12.1 Å². The lowest BCUT2D eigenvalue weighted by Crippen LogP contribution is -2.24. The van der Waals surface area contributed by atoms with Gasteiger partial charge >= 0.3 is 0 Å². The summed E-state index contributed by atoms with van der Waals surface area (Å²) in [5.41, 5.74) is 0.966. The molecule has 0 atom stereocenters. The average Bonchev–Trinajstić information content (AvgIpc) is 2.75. The van der Waals surface area contributed by atoms with Crippen LogP contribution in [-0.4, -0.2) is 18.5 Å². The quantitative estimate of drug-likeness (QED) is 0.870. The minimum Gasteiger partial charge on any atom is -0.444 e. The Labute approximate surface area is 121 Å². The van der Waals surface area contributed by atoms with E-state index in [1.807, 2.05) is 0 Å². The average molecular weight is 314 g/mol. The van der Waals surface area contributed by atoms with E-state index >= 15 is 0 Å². The topological polar surface area (TPSA) is 92.4 Å². The van der Waals surface area contributed by atoms with E-state index in [0.29, 0.717) is 17.0 Å². The van der Waals surface area contributed by atoms with E-state index in [4.69, 9.17) is 9.52 Å². The lowest BCUT2D eigenvalue weighted by Gasteiger charge is -2.07. The maximum absolute atomic E-state index is 13.8. The zero-order valence-corrected chi connectivity index (χ0v) is 12.4. The fourth-order valence-corrected chi connectivity index (χ4v) is 2.74. The zero-order chi connectivity index (χ0) is 15.6. The number of rotatable bonds is 5. The molecule has 0 amide bonds. The number of hydrogen-bond acceptors (Lipinski definition) is 5. The van der Waals surface area contributed by atoms with Crippen molar-refractivity contribution < 1.29 is 22.3 Å². The zero-order valence-electron chi connectivity index (χ0n) is 11.6. The van der Waals surface area contributed by atoms with Crippen molar-refractivity contribution in [1.82, 2.24) is 9.71 Å². The molecule has 2 N–H and O–H groups in total. The first kappa shape index (κ1) is 15.6. The lowest BCUT2D eigenvalue weighted by atomic mass is 10.2. The molecule has 2 rings (SSSR count). The Morgan fingerprint density at radius 3 is 2.62 bits per heavy atom. The van der Waals surface area contributed by atoms with E-state index in [1.165, 1.54) is 6.07 Å². The SMILES string of the molecule is Cc1nc(CNS(=O)(=O)c2ccc(CO)cc2F)oc1C. The van der Waals surface area contributed by atoms with Gasteiger partial charge in [0.2, 0.25) is 15.9 Å². The molecule has 0 aliphatic carbocycles. The second-order valence-electron chi connectivity index (χ2n) is 4.50. The molecule has 21 heavy (non-hydrogen) atoms. The molecule has 114 valence electrons. The van der Waals surface area contributed by atoms with E-state index in [1.54, 1.807) is 13.8 Å². The number of nitrogens with one attached hydrogen (secondary N) is 1. The van der Waals surface area contributed by atoms with Crippen LogP contribution in [0, 0.1) is 19.7 Å². The van der Waals surface area contributed by atoms with Gasteiger partial charge in [-0.25, -0.2) is 22.5 Å². The van der Waals surface area contributed by atoms with E-state index in [-0.39, 0.29) is 19.0 Å². The van der Waals surface area contributed by atoms with Crippen molar-refractivity contribution >= 4 is 10.0 Å². The number of hydrogen-bond donors (Lipinski definition) is 2. The second kappa shape index (κ2) is 5.92. The Morgan fingerprint density at radius 2 is 2.10 bits per heavy atom. The molecule has 0 fully saturated rings. The van der Waals surface area contributed by atoms with Gasteiger partial charge in [0.1, 0.15) is 16.5 Å². The molecule has 1 heterocycles. The van der Waals surface area contributed by atoms with Gasteiger partial charge in [0.05, 0.1) is 18.8 Å². The highest BCUT2D eigenvalue weighted by Gasteiger charge is 2.20. The number of aryl methyl sites for hydroxylation is 2. The van der Waals surface area contributed by atoms with Gasteiger partial charge in [-0.3, -0.25) is 0 Å². The third kappa shape index (κ3) is 3.46. The number of aromatic nitrogens is 1. The van der Waals surface area contributed by atoms with Gasteiger partial charge in [0.25, 0.3) is 0 Å². The molecule has 0 spiro atoms. The van der Waals surface area contributed by atoms with Crippen LogP contribution < -0.4 is 4.72 Å². The maximum atomic E-state index is 13.8. The van der Waals surface area contributed by atoms with Crippen LogP contribution in [-0.2, 0) is 23.2 Å². The number of aliphatic hydroxyl groups is 1. The van der Waals surface area contributed by atoms with Crippen LogP contribution in [0.2, 0.25) is 0 Å². The molecule has 0 saturated heterocycles. The van der Waals surface area contributed by atoms with Crippen molar-refractivity contribution in [2.75, 3.05) is 0 Å². The third-order valence-electron chi connectivity index (χ3n) is 2.95. The molecule has 0 saturated carbocycles. The Hall–Kier alpha value is -1.77. The molecule has 0 unspecified atom stereocenters. The van der Waals surface area contributed by atoms with Crippen molar-refractivity contribution in [3.63, 3.8) is 0 Å². The standard InChI is InChI=1S/C13H15FN2O4S/c1-8-9(2)20-13(16-8)6-15-21(18,19)12-4-3-10(7-17)5-11(12)14/h3-5,15,17H,6-7H2,1-2H3. The summed E-state index contributed by atoms with van der Waals surface area (Å²) in [7, 11) is -4.02. The number of halogens is 1. The summed E-state index contributed by atoms with van der Waals surface area (Å²) in [5, 5.41) is 8.88. The van der Waals surface area contributed by atoms with Crippen LogP contribution in [0.15, 0.2) is 27.5 Å². The van der Waals surface area contributed by atoms with Crippen molar-refractivity contribution in [1.29, 1.82) is 0 Å². The first-order valence-corrected chi connectivity index (χ1v) is 7.63. The Balaban J connectivity index is 2.18. The molecule has 2 aromatic rings. The summed E-state index contributed by atoms with van der Waals surface area (Å²) in [5.74, 6) is -0.113. The van der Waals surface area contributed by atoms with Gasteiger partial charge < -0.3 is 9.52 Å². The number of benzene rings is 1. The van der Waals surface area contributed by atoms with Crippen LogP contribution in [0.3, 0.4) is 0 Å². The largest absolute Gasteiger partial charge is 0.444 e. The Bertz CT molecular complexity index is 736. The summed E-state index contributed by atoms with van der Waals surface area (Å²) in [6, 6.07) is 3.43. The lowest BCUT2D eigenvalue weighted by molar-refractivity contribution is 0.281. The van der Waals surface area contributed by atoms with E-state index < -0.39 is 20.7 Å². The number of aliphatic hydroxyl groups excluding tert-OH is 1. The minimum atomic E-state index is -4.02. The maximum Gasteiger partial charge on any atom is 0.243 e. The van der Waals surface area contributed by atoms with Gasteiger partial charge in [0, 0.05) is 0 Å². The summed E-state index contributed by atoms with van der Waals surface area (Å²) in [6.07, 6.45) is 0. The fraction of sp³-hybridized carbons (Fsp3) is 0.308. The molecule has 6 nitrogen and oxygen atoms in total. The van der Waals surface area contributed by atoms with Crippen LogP contribution >= 0.6 is 0 Å². The highest BCUT2D eigenvalue weighted by molar-refractivity contribution is 7.89. The molecule has 1 aromatic carbocycles. The predicted octanol–water partition coefficient (Wildman–Crippen LogP) is 1.40. The first-order valence-electron chi connectivity index (χ1n) is 6.15. The van der Waals surface area contributed by atoms with Gasteiger partial charge in [0.15, 0.2) is 0 Å². The summed E-state index contributed by atoms with van der Waals surface area (Å²) in [6.45, 7) is 2.93. The van der Waals surface area contributed by atoms with Crippen molar-refractivity contribution in [2.45, 2.75) is 31.9 Å². The van der Waals surface area contributed by atoms with Crippen molar-refractivity contribution in [3.05, 3.63) is 46.9 Å². The molecular formula is C13H15FN2O4S. The molecule has 0 radical (unpaired) electrons. The van der Waals surface area contributed by atoms with Crippen LogP contribution in [0.25, 0.3) is 0 Å². The summed E-state index contributed by atoms with van der Waals surface area (Å²) in [4.78, 5) is 3.55. The predicted molar refractivity (Wildman–Crippen MR) is 72.3 cm³/mol. The fourth-order valence-electron chi connectivity index (χ4n) is 1.71. The summed E-state index contributed by atoms with van der Waals surface area (Å²) >= 11 is 0. The first-order chi connectivity index (χ1) is 9.83. The number of nitrogens with zero attached hydrogens (tertiary/aromatic N) is 1. The van der Waals surface area contributed by atoms with Gasteiger partial charge in [-0.2, -0.15) is 0 Å². The minimum absolute atomic E-state index is 0.168. The molecule has 0 aliphatic heterocycles.